The predicted molar refractivity (Wildman–Crippen MR) is 59.9 cm³/mol. The summed E-state index contributed by atoms with van der Waals surface area (Å²) in [6.45, 7) is 6.52. The molecule has 0 N–H and O–H groups in total. The molecule has 0 spiro atoms. The SMILES string of the molecule is CC(C)(C)/C=C/c1cccc(Cl)c1. The fourth-order valence-corrected chi connectivity index (χ4v) is 1.16. The van der Waals surface area contributed by atoms with Gasteiger partial charge in [-0.3, -0.25) is 0 Å². The van der Waals surface area contributed by atoms with E-state index in [2.05, 4.69) is 32.9 Å². The van der Waals surface area contributed by atoms with E-state index in [9.17, 15) is 0 Å². The highest BCUT2D eigenvalue weighted by Crippen LogP contribution is 2.18. The van der Waals surface area contributed by atoms with Gasteiger partial charge in [0.05, 0.1) is 0 Å². The van der Waals surface area contributed by atoms with Crippen LogP contribution in [-0.4, -0.2) is 0 Å². The van der Waals surface area contributed by atoms with Crippen LogP contribution in [0, 0.1) is 5.41 Å². The van der Waals surface area contributed by atoms with E-state index in [1.165, 1.54) is 0 Å². The Bertz CT molecular complexity index is 305. The summed E-state index contributed by atoms with van der Waals surface area (Å²) in [6.07, 6.45) is 4.28. The van der Waals surface area contributed by atoms with E-state index in [4.69, 9.17) is 11.6 Å². The van der Waals surface area contributed by atoms with Crippen LogP contribution in [0.1, 0.15) is 26.3 Å². The summed E-state index contributed by atoms with van der Waals surface area (Å²) >= 11 is 5.86. The van der Waals surface area contributed by atoms with Gasteiger partial charge in [-0.15, -0.1) is 0 Å². The van der Waals surface area contributed by atoms with Gasteiger partial charge >= 0.3 is 0 Å². The Morgan fingerprint density at radius 1 is 1.23 bits per heavy atom. The van der Waals surface area contributed by atoms with E-state index in [1.807, 2.05) is 24.3 Å². The molecule has 1 heteroatoms. The van der Waals surface area contributed by atoms with Crippen molar-refractivity contribution in [2.45, 2.75) is 20.8 Å². The third kappa shape index (κ3) is 4.14. The fourth-order valence-electron chi connectivity index (χ4n) is 0.956. The van der Waals surface area contributed by atoms with Gasteiger partial charge in [0.15, 0.2) is 0 Å². The third-order valence-corrected chi connectivity index (χ3v) is 1.86. The van der Waals surface area contributed by atoms with Gasteiger partial charge in [-0.05, 0) is 23.1 Å². The van der Waals surface area contributed by atoms with Crippen LogP contribution in [0.3, 0.4) is 0 Å². The Morgan fingerprint density at radius 3 is 2.46 bits per heavy atom. The zero-order chi connectivity index (χ0) is 9.90. The van der Waals surface area contributed by atoms with Gasteiger partial charge in [0.25, 0.3) is 0 Å². The van der Waals surface area contributed by atoms with Crippen LogP contribution in [0.15, 0.2) is 30.3 Å². The van der Waals surface area contributed by atoms with Crippen molar-refractivity contribution in [3.8, 4) is 0 Å². The number of benzene rings is 1. The molecule has 0 saturated heterocycles. The van der Waals surface area contributed by atoms with Crippen molar-refractivity contribution in [2.24, 2.45) is 5.41 Å². The second-order valence-electron chi connectivity index (χ2n) is 4.25. The Kier molecular flexibility index (Phi) is 3.16. The van der Waals surface area contributed by atoms with Crippen LogP contribution in [-0.2, 0) is 0 Å². The standard InChI is InChI=1S/C12H15Cl/c1-12(2,3)8-7-10-5-4-6-11(13)9-10/h4-9H,1-3H3/b8-7+. The first-order chi connectivity index (χ1) is 5.97. The van der Waals surface area contributed by atoms with E-state index in [-0.39, 0.29) is 5.41 Å². The molecule has 13 heavy (non-hydrogen) atoms. The average Bonchev–Trinajstić information content (AvgIpc) is 2.00. The molecule has 0 aliphatic heterocycles. The fraction of sp³-hybridized carbons (Fsp3) is 0.333. The molecule has 0 amide bonds. The number of hydrogen-bond acceptors (Lipinski definition) is 0. The van der Waals surface area contributed by atoms with E-state index >= 15 is 0 Å². The maximum Gasteiger partial charge on any atom is 0.0411 e. The molecule has 0 radical (unpaired) electrons. The largest absolute Gasteiger partial charge is 0.0843 e. The van der Waals surface area contributed by atoms with Crippen molar-refractivity contribution in [3.05, 3.63) is 40.9 Å². The summed E-state index contributed by atoms with van der Waals surface area (Å²) in [5.41, 5.74) is 1.38. The quantitative estimate of drug-likeness (QED) is 0.622. The first kappa shape index (κ1) is 10.3. The van der Waals surface area contributed by atoms with Crippen LogP contribution < -0.4 is 0 Å². The zero-order valence-electron chi connectivity index (χ0n) is 8.34. The molecule has 0 nitrogen and oxygen atoms in total. The van der Waals surface area contributed by atoms with Crippen molar-refractivity contribution in [1.82, 2.24) is 0 Å². The molecule has 0 atom stereocenters. The first-order valence-electron chi connectivity index (χ1n) is 4.42. The number of hydrogen-bond donors (Lipinski definition) is 0. The highest BCUT2D eigenvalue weighted by Gasteiger charge is 2.03. The topological polar surface area (TPSA) is 0 Å². The van der Waals surface area contributed by atoms with E-state index < -0.39 is 0 Å². The van der Waals surface area contributed by atoms with E-state index in [0.29, 0.717) is 0 Å². The number of allylic oxidation sites excluding steroid dienone is 1. The maximum atomic E-state index is 5.86. The second kappa shape index (κ2) is 3.97. The van der Waals surface area contributed by atoms with E-state index in [1.54, 1.807) is 0 Å². The molecule has 1 aromatic rings. The smallest absolute Gasteiger partial charge is 0.0411 e. The molecular weight excluding hydrogens is 180 g/mol. The minimum Gasteiger partial charge on any atom is -0.0843 e. The van der Waals surface area contributed by atoms with Crippen LogP contribution in [0.5, 0.6) is 0 Å². The van der Waals surface area contributed by atoms with Crippen molar-refractivity contribution in [3.63, 3.8) is 0 Å². The Morgan fingerprint density at radius 2 is 1.92 bits per heavy atom. The van der Waals surface area contributed by atoms with Crippen LogP contribution in [0.2, 0.25) is 5.02 Å². The average molecular weight is 195 g/mol. The summed E-state index contributed by atoms with van der Waals surface area (Å²) in [7, 11) is 0. The summed E-state index contributed by atoms with van der Waals surface area (Å²) in [5.74, 6) is 0. The molecule has 0 heterocycles. The first-order valence-corrected chi connectivity index (χ1v) is 4.80. The van der Waals surface area contributed by atoms with Crippen molar-refractivity contribution >= 4 is 17.7 Å². The van der Waals surface area contributed by atoms with Crippen LogP contribution in [0.25, 0.3) is 6.08 Å². The lowest BCUT2D eigenvalue weighted by Gasteiger charge is -2.10. The molecule has 0 aromatic heterocycles. The molecule has 0 unspecified atom stereocenters. The number of rotatable bonds is 1. The Hall–Kier alpha value is -0.750. The molecule has 0 bridgehead atoms. The summed E-state index contributed by atoms with van der Waals surface area (Å²) < 4.78 is 0. The van der Waals surface area contributed by atoms with Gasteiger partial charge in [0, 0.05) is 5.02 Å². The van der Waals surface area contributed by atoms with Gasteiger partial charge in [0.2, 0.25) is 0 Å². The summed E-state index contributed by atoms with van der Waals surface area (Å²) in [4.78, 5) is 0. The molecule has 70 valence electrons. The minimum atomic E-state index is 0.225. The maximum absolute atomic E-state index is 5.86. The lowest BCUT2D eigenvalue weighted by atomic mass is 9.95. The molecular formula is C12H15Cl. The second-order valence-corrected chi connectivity index (χ2v) is 4.69. The number of halogens is 1. The Labute approximate surface area is 85.2 Å². The summed E-state index contributed by atoms with van der Waals surface area (Å²) in [5, 5.41) is 0.788. The normalized spacial score (nSPS) is 12.3. The van der Waals surface area contributed by atoms with Crippen molar-refractivity contribution in [2.75, 3.05) is 0 Å². The van der Waals surface area contributed by atoms with Crippen LogP contribution in [0.4, 0.5) is 0 Å². The lowest BCUT2D eigenvalue weighted by molar-refractivity contribution is 0.547. The lowest BCUT2D eigenvalue weighted by Crippen LogP contribution is -1.97. The van der Waals surface area contributed by atoms with Gasteiger partial charge in [0.1, 0.15) is 0 Å². The highest BCUT2D eigenvalue weighted by atomic mass is 35.5. The highest BCUT2D eigenvalue weighted by molar-refractivity contribution is 6.30. The van der Waals surface area contributed by atoms with Crippen LogP contribution >= 0.6 is 11.6 Å². The van der Waals surface area contributed by atoms with Gasteiger partial charge in [-0.1, -0.05) is 56.7 Å². The molecule has 0 saturated carbocycles. The van der Waals surface area contributed by atoms with Crippen molar-refractivity contribution in [1.29, 1.82) is 0 Å². The monoisotopic (exact) mass is 194 g/mol. The van der Waals surface area contributed by atoms with Gasteiger partial charge < -0.3 is 0 Å². The predicted octanol–water partition coefficient (Wildman–Crippen LogP) is 4.40. The molecule has 0 fully saturated rings. The molecule has 0 aliphatic rings. The van der Waals surface area contributed by atoms with Gasteiger partial charge in [-0.2, -0.15) is 0 Å². The molecule has 1 rings (SSSR count). The summed E-state index contributed by atoms with van der Waals surface area (Å²) in [6, 6.07) is 7.86. The zero-order valence-corrected chi connectivity index (χ0v) is 9.10. The molecule has 0 aliphatic carbocycles. The Balaban J connectivity index is 2.80. The minimum absolute atomic E-state index is 0.225. The van der Waals surface area contributed by atoms with Gasteiger partial charge in [-0.25, -0.2) is 0 Å². The third-order valence-electron chi connectivity index (χ3n) is 1.62. The van der Waals surface area contributed by atoms with Crippen molar-refractivity contribution < 1.29 is 0 Å². The molecule has 1 aromatic carbocycles. The van der Waals surface area contributed by atoms with E-state index in [0.717, 1.165) is 10.6 Å².